The van der Waals surface area contributed by atoms with Gasteiger partial charge in [-0.1, -0.05) is 18.6 Å². The van der Waals surface area contributed by atoms with Crippen molar-refractivity contribution in [2.45, 2.75) is 51.3 Å². The third-order valence-corrected chi connectivity index (χ3v) is 6.05. The largest absolute Gasteiger partial charge is 0.368 e. The van der Waals surface area contributed by atoms with Crippen LogP contribution in [0.3, 0.4) is 0 Å². The van der Waals surface area contributed by atoms with Crippen LogP contribution in [-0.4, -0.2) is 39.9 Å². The molecular weight excluding hydrogens is 312 g/mol. The smallest absolute Gasteiger partial charge is 0.166 e. The minimum Gasteiger partial charge on any atom is -0.368 e. The molecule has 132 valence electrons. The fourth-order valence-corrected chi connectivity index (χ4v) is 4.83. The minimum absolute atomic E-state index is 0.719. The number of hydrogen-bond acceptors (Lipinski definition) is 4. The van der Waals surface area contributed by atoms with Crippen LogP contribution in [0.15, 0.2) is 23.3 Å². The van der Waals surface area contributed by atoms with E-state index in [2.05, 4.69) is 32.1 Å². The van der Waals surface area contributed by atoms with Crippen LogP contribution < -0.4 is 5.43 Å². The van der Waals surface area contributed by atoms with E-state index in [1.54, 1.807) is 0 Å². The van der Waals surface area contributed by atoms with Crippen molar-refractivity contribution in [2.24, 2.45) is 5.10 Å². The second-order valence-electron chi connectivity index (χ2n) is 7.56. The number of aromatic nitrogens is 1. The van der Waals surface area contributed by atoms with E-state index in [1.165, 1.54) is 54.5 Å². The first kappa shape index (κ1) is 15.4. The van der Waals surface area contributed by atoms with Gasteiger partial charge in [-0.2, -0.15) is 5.10 Å². The zero-order valence-electron chi connectivity index (χ0n) is 14.7. The number of benzene rings is 1. The molecule has 5 nitrogen and oxygen atoms in total. The average molecular weight is 338 g/mol. The van der Waals surface area contributed by atoms with E-state index in [4.69, 9.17) is 0 Å². The van der Waals surface area contributed by atoms with Gasteiger partial charge in [0.25, 0.3) is 0 Å². The van der Waals surface area contributed by atoms with Gasteiger partial charge in [-0.3, -0.25) is 5.43 Å². The van der Waals surface area contributed by atoms with E-state index >= 15 is 0 Å². The molecule has 25 heavy (non-hydrogen) atoms. The van der Waals surface area contributed by atoms with Crippen LogP contribution in [0.2, 0.25) is 0 Å². The van der Waals surface area contributed by atoms with Crippen LogP contribution in [0.5, 0.6) is 0 Å². The van der Waals surface area contributed by atoms with Crippen LogP contribution in [0.4, 0.5) is 0 Å². The third kappa shape index (κ3) is 2.49. The average Bonchev–Trinajstić information content (AvgIpc) is 2.91. The fraction of sp³-hybridized carbons (Fsp3) is 0.550. The summed E-state index contributed by atoms with van der Waals surface area (Å²) in [4.78, 5) is 2.60. The Morgan fingerprint density at radius 3 is 2.84 bits per heavy atom. The van der Waals surface area contributed by atoms with Gasteiger partial charge in [0.15, 0.2) is 6.23 Å². The van der Waals surface area contributed by atoms with Crippen molar-refractivity contribution in [1.29, 1.82) is 0 Å². The van der Waals surface area contributed by atoms with E-state index < -0.39 is 6.23 Å². The predicted octanol–water partition coefficient (Wildman–Crippen LogP) is 2.76. The highest BCUT2D eigenvalue weighted by Crippen LogP contribution is 2.37. The van der Waals surface area contributed by atoms with Gasteiger partial charge in [0.2, 0.25) is 0 Å². The predicted molar refractivity (Wildman–Crippen MR) is 99.8 cm³/mol. The van der Waals surface area contributed by atoms with Crippen LogP contribution in [0.1, 0.15) is 55.2 Å². The van der Waals surface area contributed by atoms with Crippen molar-refractivity contribution in [2.75, 3.05) is 19.6 Å². The third-order valence-electron chi connectivity index (χ3n) is 6.05. The molecule has 0 spiro atoms. The Labute approximate surface area is 148 Å². The number of hydrogen-bond donors (Lipinski definition) is 2. The Kier molecular flexibility index (Phi) is 3.79. The zero-order valence-corrected chi connectivity index (χ0v) is 14.7. The number of hydrazone groups is 1. The first-order valence-electron chi connectivity index (χ1n) is 9.70. The van der Waals surface area contributed by atoms with Crippen molar-refractivity contribution in [1.82, 2.24) is 14.9 Å². The zero-order chi connectivity index (χ0) is 16.8. The monoisotopic (exact) mass is 338 g/mol. The molecule has 3 heterocycles. The first-order valence-corrected chi connectivity index (χ1v) is 9.70. The van der Waals surface area contributed by atoms with Gasteiger partial charge in [0.1, 0.15) is 0 Å². The van der Waals surface area contributed by atoms with E-state index in [0.29, 0.717) is 0 Å². The number of piperidine rings is 1. The van der Waals surface area contributed by atoms with Gasteiger partial charge in [-0.25, -0.2) is 0 Å². The number of aliphatic hydroxyl groups excluding tert-OH is 1. The van der Waals surface area contributed by atoms with Crippen molar-refractivity contribution in [3.8, 4) is 0 Å². The summed E-state index contributed by atoms with van der Waals surface area (Å²) >= 11 is 0. The summed E-state index contributed by atoms with van der Waals surface area (Å²) in [5, 5.41) is 16.2. The lowest BCUT2D eigenvalue weighted by atomic mass is 9.92. The molecule has 2 N–H and O–H groups in total. The molecule has 0 saturated carbocycles. The van der Waals surface area contributed by atoms with Crippen LogP contribution in [0.25, 0.3) is 10.9 Å². The molecule has 1 aromatic heterocycles. The maximum Gasteiger partial charge on any atom is 0.166 e. The summed E-state index contributed by atoms with van der Waals surface area (Å²) in [7, 11) is 0. The topological polar surface area (TPSA) is 52.8 Å². The van der Waals surface area contributed by atoms with Crippen LogP contribution >= 0.6 is 0 Å². The quantitative estimate of drug-likeness (QED) is 0.905. The van der Waals surface area contributed by atoms with Gasteiger partial charge in [-0.15, -0.1) is 0 Å². The molecule has 1 aromatic carbocycles. The summed E-state index contributed by atoms with van der Waals surface area (Å²) < 4.78 is 2.51. The molecule has 5 rings (SSSR count). The Balaban J connectivity index is 1.60. The summed E-state index contributed by atoms with van der Waals surface area (Å²) in [5.74, 6) is 0. The number of rotatable bonds is 3. The maximum absolute atomic E-state index is 10.5. The molecular formula is C20H26N4O. The number of likely N-dealkylation sites (tertiary alicyclic amines) is 1. The van der Waals surface area contributed by atoms with Crippen LogP contribution in [0, 0.1) is 0 Å². The maximum atomic E-state index is 10.5. The lowest BCUT2D eigenvalue weighted by Crippen LogP contribution is -2.33. The molecule has 1 aliphatic carbocycles. The molecule has 1 atom stereocenters. The molecule has 1 saturated heterocycles. The minimum atomic E-state index is -0.719. The van der Waals surface area contributed by atoms with Crippen molar-refractivity contribution >= 4 is 16.6 Å². The van der Waals surface area contributed by atoms with Crippen LogP contribution in [-0.2, 0) is 13.0 Å². The summed E-state index contributed by atoms with van der Waals surface area (Å²) in [6.45, 7) is 4.63. The first-order chi connectivity index (χ1) is 12.3. The Morgan fingerprint density at radius 2 is 1.96 bits per heavy atom. The lowest BCUT2D eigenvalue weighted by molar-refractivity contribution is 0.143. The molecule has 5 heteroatoms. The van der Waals surface area contributed by atoms with Gasteiger partial charge in [0, 0.05) is 40.8 Å². The molecule has 1 fully saturated rings. The van der Waals surface area contributed by atoms with Gasteiger partial charge < -0.3 is 14.6 Å². The number of aliphatic hydroxyl groups is 1. The van der Waals surface area contributed by atoms with Gasteiger partial charge in [0.05, 0.1) is 5.71 Å². The van der Waals surface area contributed by atoms with Gasteiger partial charge in [-0.05, 0) is 51.3 Å². The second-order valence-corrected chi connectivity index (χ2v) is 7.56. The fourth-order valence-electron chi connectivity index (χ4n) is 4.83. The SMILES string of the molecule is OC1NN=C2CCCc3c2c2c1cccc2n3CCN1CCCCC1. The highest BCUT2D eigenvalue weighted by Gasteiger charge is 2.29. The van der Waals surface area contributed by atoms with E-state index in [1.807, 2.05) is 6.07 Å². The van der Waals surface area contributed by atoms with Crippen molar-refractivity contribution < 1.29 is 5.11 Å². The molecule has 3 aliphatic rings. The van der Waals surface area contributed by atoms with E-state index in [-0.39, 0.29) is 0 Å². The lowest BCUT2D eigenvalue weighted by Gasteiger charge is -2.27. The standard InChI is InChI=1S/C20H26N4O/c25-20-14-6-4-8-16-18(14)19-15(21-22-20)7-5-9-17(19)24(16)13-12-23-10-2-1-3-11-23/h4,6,8,20,22,25H,1-3,5,7,9-13H2. The van der Waals surface area contributed by atoms with Crippen molar-refractivity contribution in [3.05, 3.63) is 35.0 Å². The molecule has 0 bridgehead atoms. The number of nitrogens with zero attached hydrogens (tertiary/aromatic N) is 3. The summed E-state index contributed by atoms with van der Waals surface area (Å²) in [6.07, 6.45) is 6.58. The number of nitrogens with one attached hydrogen (secondary N) is 1. The Bertz CT molecular complexity index is 832. The molecule has 0 radical (unpaired) electrons. The molecule has 0 amide bonds. The highest BCUT2D eigenvalue weighted by molar-refractivity contribution is 6.14. The van der Waals surface area contributed by atoms with E-state index in [0.717, 1.165) is 43.6 Å². The van der Waals surface area contributed by atoms with E-state index in [9.17, 15) is 5.11 Å². The Hall–Kier alpha value is -1.85. The van der Waals surface area contributed by atoms with Crippen molar-refractivity contribution in [3.63, 3.8) is 0 Å². The summed E-state index contributed by atoms with van der Waals surface area (Å²) in [5.41, 5.74) is 8.98. The molecule has 1 unspecified atom stereocenters. The molecule has 2 aromatic rings. The normalized spacial score (nSPS) is 23.2. The Morgan fingerprint density at radius 1 is 1.08 bits per heavy atom. The summed E-state index contributed by atoms with van der Waals surface area (Å²) in [6, 6.07) is 6.31. The highest BCUT2D eigenvalue weighted by atomic mass is 16.3. The van der Waals surface area contributed by atoms with Gasteiger partial charge >= 0.3 is 0 Å². The molecule has 2 aliphatic heterocycles. The second kappa shape index (κ2) is 6.15.